The van der Waals surface area contributed by atoms with Crippen molar-refractivity contribution in [3.8, 4) is 0 Å². The Morgan fingerprint density at radius 1 is 1.27 bits per heavy atom. The lowest BCUT2D eigenvalue weighted by Gasteiger charge is -2.17. The van der Waals surface area contributed by atoms with E-state index in [0.717, 1.165) is 22.5 Å². The topological polar surface area (TPSA) is 55.4 Å². The highest BCUT2D eigenvalue weighted by Crippen LogP contribution is 2.20. The van der Waals surface area contributed by atoms with E-state index in [9.17, 15) is 9.18 Å². The monoisotopic (exact) mass is 357 g/mol. The Bertz CT molecular complexity index is 986. The molecule has 3 aromatic heterocycles. The van der Waals surface area contributed by atoms with Crippen LogP contribution < -0.4 is 0 Å². The third kappa shape index (κ3) is 2.98. The van der Waals surface area contributed by atoms with Gasteiger partial charge in [0.2, 0.25) is 5.95 Å². The van der Waals surface area contributed by atoms with Gasteiger partial charge in [0.25, 0.3) is 5.91 Å². The average Bonchev–Trinajstić information content (AvgIpc) is 3.05. The lowest BCUT2D eigenvalue weighted by molar-refractivity contribution is 0.0774. The maximum atomic E-state index is 14.7. The number of halogens is 1. The first-order valence-corrected chi connectivity index (χ1v) is 8.65. The van der Waals surface area contributed by atoms with Gasteiger partial charge in [-0.25, -0.2) is 4.98 Å². The van der Waals surface area contributed by atoms with E-state index in [0.29, 0.717) is 12.2 Å². The van der Waals surface area contributed by atoms with Crippen LogP contribution in [-0.4, -0.2) is 37.0 Å². The first-order valence-electron chi connectivity index (χ1n) is 8.65. The molecule has 6 nitrogen and oxygen atoms in total. The van der Waals surface area contributed by atoms with Crippen LogP contribution in [0, 0.1) is 26.7 Å². The number of hydrogen-bond donors (Lipinski definition) is 0. The van der Waals surface area contributed by atoms with Crippen molar-refractivity contribution in [2.75, 3.05) is 7.05 Å². The highest BCUT2D eigenvalue weighted by Gasteiger charge is 2.24. The van der Waals surface area contributed by atoms with E-state index in [1.54, 1.807) is 19.3 Å². The molecule has 3 rings (SSSR count). The van der Waals surface area contributed by atoms with Crippen LogP contribution >= 0.6 is 0 Å². The number of carbonyl (C=O) groups is 1. The van der Waals surface area contributed by atoms with E-state index in [1.165, 1.54) is 9.30 Å². The van der Waals surface area contributed by atoms with Crippen molar-refractivity contribution in [1.29, 1.82) is 0 Å². The number of aryl methyl sites for hydroxylation is 2. The van der Waals surface area contributed by atoms with Gasteiger partial charge in [-0.1, -0.05) is 6.07 Å². The first kappa shape index (κ1) is 18.1. The molecule has 0 saturated heterocycles. The number of carbonyl (C=O) groups excluding carboxylic acids is 1. The normalized spacial score (nSPS) is 11.5. The third-order valence-corrected chi connectivity index (χ3v) is 4.62. The van der Waals surface area contributed by atoms with E-state index in [4.69, 9.17) is 0 Å². The van der Waals surface area contributed by atoms with Crippen LogP contribution in [0.2, 0.25) is 0 Å². The molecule has 0 spiro atoms. The predicted octanol–water partition coefficient (Wildman–Crippen LogP) is 3.45. The van der Waals surface area contributed by atoms with Crippen LogP contribution in [0.25, 0.3) is 5.65 Å². The summed E-state index contributed by atoms with van der Waals surface area (Å²) in [7, 11) is 1.66. The van der Waals surface area contributed by atoms with Crippen LogP contribution in [0.15, 0.2) is 18.3 Å². The van der Waals surface area contributed by atoms with Crippen molar-refractivity contribution < 1.29 is 9.18 Å². The van der Waals surface area contributed by atoms with Gasteiger partial charge >= 0.3 is 0 Å². The molecule has 0 atom stereocenters. The standard InChI is InChI=1S/C19H24FN5O/c1-11(2)25-14(5)15(13(4)22-25)10-23(6)19(26)17-18(20)24-9-12(3)7-8-16(24)21-17/h7-9,11H,10H2,1-6H3. The summed E-state index contributed by atoms with van der Waals surface area (Å²) in [4.78, 5) is 18.4. The Balaban J connectivity index is 1.91. The van der Waals surface area contributed by atoms with Crippen LogP contribution in [0.4, 0.5) is 4.39 Å². The van der Waals surface area contributed by atoms with E-state index in [1.807, 2.05) is 31.5 Å². The second-order valence-corrected chi connectivity index (χ2v) is 7.03. The fraction of sp³-hybridized carbons (Fsp3) is 0.421. The largest absolute Gasteiger partial charge is 0.336 e. The molecular formula is C19H24FN5O. The number of nitrogens with zero attached hydrogens (tertiary/aromatic N) is 5. The summed E-state index contributed by atoms with van der Waals surface area (Å²) < 4.78 is 17.9. The molecule has 0 unspecified atom stereocenters. The second kappa shape index (κ2) is 6.55. The zero-order valence-electron chi connectivity index (χ0n) is 16.0. The maximum Gasteiger partial charge on any atom is 0.277 e. The van der Waals surface area contributed by atoms with Crippen LogP contribution in [-0.2, 0) is 6.54 Å². The number of pyridine rings is 1. The van der Waals surface area contributed by atoms with Crippen molar-refractivity contribution in [3.63, 3.8) is 0 Å². The zero-order chi connectivity index (χ0) is 19.2. The fourth-order valence-electron chi connectivity index (χ4n) is 3.18. The molecule has 0 N–H and O–H groups in total. The van der Waals surface area contributed by atoms with E-state index in [-0.39, 0.29) is 11.7 Å². The minimum absolute atomic E-state index is 0.162. The van der Waals surface area contributed by atoms with Crippen LogP contribution in [0.5, 0.6) is 0 Å². The highest BCUT2D eigenvalue weighted by atomic mass is 19.1. The van der Waals surface area contributed by atoms with Crippen molar-refractivity contribution in [2.24, 2.45) is 0 Å². The van der Waals surface area contributed by atoms with Gasteiger partial charge in [0.05, 0.1) is 5.69 Å². The molecule has 0 aromatic carbocycles. The summed E-state index contributed by atoms with van der Waals surface area (Å²) in [5.41, 5.74) is 4.03. The molecule has 7 heteroatoms. The van der Waals surface area contributed by atoms with Crippen molar-refractivity contribution in [2.45, 2.75) is 47.2 Å². The van der Waals surface area contributed by atoms with Gasteiger partial charge in [-0.3, -0.25) is 13.9 Å². The van der Waals surface area contributed by atoms with E-state index < -0.39 is 11.9 Å². The molecular weight excluding hydrogens is 333 g/mol. The molecule has 0 aliphatic heterocycles. The summed E-state index contributed by atoms with van der Waals surface area (Å²) in [6.07, 6.45) is 1.63. The fourth-order valence-corrected chi connectivity index (χ4v) is 3.18. The first-order chi connectivity index (χ1) is 12.2. The van der Waals surface area contributed by atoms with Gasteiger partial charge < -0.3 is 4.90 Å². The summed E-state index contributed by atoms with van der Waals surface area (Å²) in [6, 6.07) is 3.78. The number of fused-ring (bicyclic) bond motifs is 1. The van der Waals surface area contributed by atoms with Gasteiger partial charge in [-0.2, -0.15) is 9.49 Å². The summed E-state index contributed by atoms with van der Waals surface area (Å²) >= 11 is 0. The van der Waals surface area contributed by atoms with Crippen molar-refractivity contribution >= 4 is 11.6 Å². The molecule has 3 aromatic rings. The van der Waals surface area contributed by atoms with Crippen molar-refractivity contribution in [1.82, 2.24) is 24.1 Å². The predicted molar refractivity (Wildman–Crippen MR) is 97.8 cm³/mol. The number of rotatable bonds is 4. The van der Waals surface area contributed by atoms with Gasteiger partial charge in [-0.05, 0) is 46.2 Å². The molecule has 0 aliphatic rings. The number of aromatic nitrogens is 4. The van der Waals surface area contributed by atoms with E-state index >= 15 is 0 Å². The zero-order valence-corrected chi connectivity index (χ0v) is 16.0. The second-order valence-electron chi connectivity index (χ2n) is 7.03. The minimum atomic E-state index is -0.633. The summed E-state index contributed by atoms with van der Waals surface area (Å²) in [5, 5.41) is 4.54. The molecule has 26 heavy (non-hydrogen) atoms. The quantitative estimate of drug-likeness (QED) is 0.719. The van der Waals surface area contributed by atoms with Crippen molar-refractivity contribution in [3.05, 3.63) is 52.5 Å². The molecule has 0 bridgehead atoms. The molecule has 0 fully saturated rings. The Labute approximate surface area is 152 Å². The number of amides is 1. The summed E-state index contributed by atoms with van der Waals surface area (Å²) in [5.74, 6) is -1.08. The maximum absolute atomic E-state index is 14.7. The third-order valence-electron chi connectivity index (χ3n) is 4.62. The van der Waals surface area contributed by atoms with E-state index in [2.05, 4.69) is 23.9 Å². The van der Waals surface area contributed by atoms with Gasteiger partial charge in [0.1, 0.15) is 5.65 Å². The Kier molecular flexibility index (Phi) is 4.56. The van der Waals surface area contributed by atoms with Crippen LogP contribution in [0.3, 0.4) is 0 Å². The summed E-state index contributed by atoms with van der Waals surface area (Å²) in [6.45, 7) is 10.3. The van der Waals surface area contributed by atoms with Crippen LogP contribution in [0.1, 0.15) is 52.9 Å². The molecule has 0 aliphatic carbocycles. The molecule has 0 radical (unpaired) electrons. The average molecular weight is 357 g/mol. The van der Waals surface area contributed by atoms with Gasteiger partial charge in [0.15, 0.2) is 5.69 Å². The Morgan fingerprint density at radius 2 is 1.96 bits per heavy atom. The smallest absolute Gasteiger partial charge is 0.277 e. The van der Waals surface area contributed by atoms with Gasteiger partial charge in [0, 0.05) is 37.1 Å². The Morgan fingerprint density at radius 3 is 2.58 bits per heavy atom. The Hall–Kier alpha value is -2.70. The SMILES string of the molecule is Cc1ccc2nc(C(=O)N(C)Cc3c(C)nn(C(C)C)c3C)c(F)n2c1. The lowest BCUT2D eigenvalue weighted by Crippen LogP contribution is -2.28. The molecule has 0 saturated carbocycles. The number of hydrogen-bond acceptors (Lipinski definition) is 3. The molecule has 138 valence electrons. The molecule has 1 amide bonds. The molecule has 3 heterocycles. The highest BCUT2D eigenvalue weighted by molar-refractivity contribution is 5.93. The van der Waals surface area contributed by atoms with Gasteiger partial charge in [-0.15, -0.1) is 0 Å². The number of imidazole rings is 1. The minimum Gasteiger partial charge on any atom is -0.336 e. The lowest BCUT2D eigenvalue weighted by atomic mass is 10.2.